The van der Waals surface area contributed by atoms with Gasteiger partial charge in [0, 0.05) is 12.8 Å². The molecule has 0 spiro atoms. The molecule has 0 fully saturated rings. The van der Waals surface area contributed by atoms with Crippen molar-refractivity contribution in [3.63, 3.8) is 0 Å². The van der Waals surface area contributed by atoms with Crippen LogP contribution in [0.15, 0.2) is 48.6 Å². The Bertz CT molecular complexity index is 1020. The molecule has 0 saturated carbocycles. The van der Waals surface area contributed by atoms with Crippen LogP contribution in [0, 0.1) is 0 Å². The van der Waals surface area contributed by atoms with Crippen molar-refractivity contribution < 1.29 is 37.9 Å². The van der Waals surface area contributed by atoms with Crippen molar-refractivity contribution in [1.82, 2.24) is 0 Å². The summed E-state index contributed by atoms with van der Waals surface area (Å²) in [6, 6.07) is 0. The van der Waals surface area contributed by atoms with E-state index >= 15 is 0 Å². The summed E-state index contributed by atoms with van der Waals surface area (Å²) < 4.78 is 26.4. The number of hydrogen-bond donors (Lipinski definition) is 2. The molecule has 0 heterocycles. The molecule has 54 heavy (non-hydrogen) atoms. The first kappa shape index (κ1) is 52.0. The molecule has 9 heteroatoms. The maximum absolute atomic E-state index is 12.4. The van der Waals surface area contributed by atoms with Gasteiger partial charge in [-0.15, -0.1) is 0 Å². The minimum atomic E-state index is -4.76. The summed E-state index contributed by atoms with van der Waals surface area (Å²) in [4.78, 5) is 42.9. The molecule has 0 aliphatic carbocycles. The van der Waals surface area contributed by atoms with Crippen LogP contribution in [-0.2, 0) is 28.2 Å². The van der Waals surface area contributed by atoms with Crippen molar-refractivity contribution in [3.8, 4) is 0 Å². The zero-order valence-corrected chi connectivity index (χ0v) is 35.5. The molecular weight excluding hydrogens is 699 g/mol. The lowest BCUT2D eigenvalue weighted by Crippen LogP contribution is -2.29. The number of carbonyl (C=O) groups is 2. The summed E-state index contributed by atoms with van der Waals surface area (Å²) in [7, 11) is -4.76. The largest absolute Gasteiger partial charge is 0.469 e. The van der Waals surface area contributed by atoms with Gasteiger partial charge in [0.2, 0.25) is 0 Å². The molecule has 0 aromatic rings. The molecule has 0 amide bonds. The number of phosphoric ester groups is 1. The Balaban J connectivity index is 3.88. The van der Waals surface area contributed by atoms with Crippen LogP contribution in [0.5, 0.6) is 0 Å². The number of allylic oxidation sites excluding steroid dienone is 8. The number of ether oxygens (including phenoxy) is 2. The van der Waals surface area contributed by atoms with Crippen molar-refractivity contribution in [2.24, 2.45) is 0 Å². The van der Waals surface area contributed by atoms with Crippen LogP contribution in [-0.4, -0.2) is 41.0 Å². The van der Waals surface area contributed by atoms with Gasteiger partial charge in [-0.05, 0) is 32.1 Å². The molecule has 314 valence electrons. The van der Waals surface area contributed by atoms with Gasteiger partial charge in [0.15, 0.2) is 6.10 Å². The highest BCUT2D eigenvalue weighted by atomic mass is 31.2. The molecule has 0 rings (SSSR count). The number of esters is 2. The van der Waals surface area contributed by atoms with Crippen molar-refractivity contribution in [3.05, 3.63) is 48.6 Å². The Labute approximate surface area is 331 Å². The summed E-state index contributed by atoms with van der Waals surface area (Å²) in [6.45, 7) is 3.55. The molecule has 8 nitrogen and oxygen atoms in total. The molecule has 0 aliphatic heterocycles. The molecule has 0 aliphatic rings. The molecule has 0 bridgehead atoms. The third-order valence-corrected chi connectivity index (χ3v) is 9.94. The topological polar surface area (TPSA) is 119 Å². The fraction of sp³-hybridized carbons (Fsp3) is 0.778. The molecule has 0 unspecified atom stereocenters. The Morgan fingerprint density at radius 1 is 0.500 bits per heavy atom. The predicted octanol–water partition coefficient (Wildman–Crippen LogP) is 13.5. The average molecular weight is 781 g/mol. The normalized spacial score (nSPS) is 12.9. The molecule has 0 saturated heterocycles. The van der Waals surface area contributed by atoms with E-state index in [2.05, 4.69) is 36.6 Å². The van der Waals surface area contributed by atoms with E-state index in [0.717, 1.165) is 57.8 Å². The minimum absolute atomic E-state index is 0.209. The van der Waals surface area contributed by atoms with Gasteiger partial charge >= 0.3 is 19.8 Å². The Morgan fingerprint density at radius 2 is 0.889 bits per heavy atom. The summed E-state index contributed by atoms with van der Waals surface area (Å²) in [5.41, 5.74) is 0. The first-order chi connectivity index (χ1) is 26.3. The summed E-state index contributed by atoms with van der Waals surface area (Å²) >= 11 is 0. The van der Waals surface area contributed by atoms with Gasteiger partial charge in [-0.25, -0.2) is 4.57 Å². The van der Waals surface area contributed by atoms with E-state index in [1.807, 2.05) is 30.4 Å². The van der Waals surface area contributed by atoms with E-state index in [-0.39, 0.29) is 19.4 Å². The van der Waals surface area contributed by atoms with Gasteiger partial charge < -0.3 is 19.3 Å². The van der Waals surface area contributed by atoms with Crippen molar-refractivity contribution in [2.45, 2.75) is 213 Å². The fourth-order valence-corrected chi connectivity index (χ4v) is 6.57. The van der Waals surface area contributed by atoms with Crippen LogP contribution in [0.2, 0.25) is 0 Å². The summed E-state index contributed by atoms with van der Waals surface area (Å²) in [6.07, 6.45) is 49.8. The lowest BCUT2D eigenvalue weighted by Gasteiger charge is -2.18. The monoisotopic (exact) mass is 781 g/mol. The number of phosphoric acid groups is 1. The number of rotatable bonds is 40. The van der Waals surface area contributed by atoms with E-state index in [0.29, 0.717) is 12.8 Å². The maximum Gasteiger partial charge on any atom is 0.469 e. The number of hydrogen-bond acceptors (Lipinski definition) is 6. The van der Waals surface area contributed by atoms with Gasteiger partial charge in [-0.1, -0.05) is 210 Å². The Hall–Kier alpha value is -1.99. The Morgan fingerprint density at radius 3 is 1.33 bits per heavy atom. The maximum atomic E-state index is 12.4. The first-order valence-electron chi connectivity index (χ1n) is 22.0. The van der Waals surface area contributed by atoms with E-state index < -0.39 is 32.5 Å². The van der Waals surface area contributed by atoms with Crippen molar-refractivity contribution >= 4 is 19.8 Å². The van der Waals surface area contributed by atoms with Gasteiger partial charge in [-0.3, -0.25) is 14.1 Å². The van der Waals surface area contributed by atoms with Crippen LogP contribution in [0.3, 0.4) is 0 Å². The molecule has 0 aromatic heterocycles. The number of unbranched alkanes of at least 4 members (excludes halogenated alkanes) is 25. The highest BCUT2D eigenvalue weighted by Crippen LogP contribution is 2.36. The smallest absolute Gasteiger partial charge is 0.462 e. The highest BCUT2D eigenvalue weighted by molar-refractivity contribution is 7.46. The van der Waals surface area contributed by atoms with Crippen molar-refractivity contribution in [1.29, 1.82) is 0 Å². The second-order valence-corrected chi connectivity index (χ2v) is 16.0. The van der Waals surface area contributed by atoms with Gasteiger partial charge in [0.25, 0.3) is 0 Å². The number of carbonyl (C=O) groups excluding carboxylic acids is 2. The second-order valence-electron chi connectivity index (χ2n) is 14.7. The van der Waals surface area contributed by atoms with Crippen LogP contribution in [0.4, 0.5) is 0 Å². The Kier molecular flexibility index (Phi) is 39.2. The quantitative estimate of drug-likeness (QED) is 0.0273. The molecule has 2 N–H and O–H groups in total. The standard InChI is InChI=1S/C45H81O8P/c1-3-5-7-9-11-13-15-17-19-20-21-22-23-24-26-28-30-32-34-36-38-40-45(47)53-43(42-52-54(48,49)50)41-51-44(46)39-37-35-33-31-29-27-25-18-16-14-12-10-8-6-4-2/h6,8,10,12,14,16,18,25,43H,3-5,7,9,11,13,15,17,19-24,26-42H2,1-2H3,(H2,48,49,50)/b8-6+,12-10+,16-14+,25-18+/t43-/m1/s1. The average Bonchev–Trinajstić information content (AvgIpc) is 3.14. The third kappa shape index (κ3) is 42.7. The van der Waals surface area contributed by atoms with Gasteiger partial charge in [0.1, 0.15) is 6.61 Å². The van der Waals surface area contributed by atoms with E-state index in [4.69, 9.17) is 19.3 Å². The summed E-state index contributed by atoms with van der Waals surface area (Å²) in [5, 5.41) is 0. The van der Waals surface area contributed by atoms with Crippen LogP contribution >= 0.6 is 7.82 Å². The second kappa shape index (κ2) is 40.7. The van der Waals surface area contributed by atoms with Gasteiger partial charge in [0.05, 0.1) is 6.61 Å². The zero-order chi connectivity index (χ0) is 39.6. The lowest BCUT2D eigenvalue weighted by molar-refractivity contribution is -0.161. The van der Waals surface area contributed by atoms with Crippen LogP contribution in [0.1, 0.15) is 206 Å². The van der Waals surface area contributed by atoms with Crippen LogP contribution in [0.25, 0.3) is 0 Å². The lowest BCUT2D eigenvalue weighted by atomic mass is 10.0. The van der Waals surface area contributed by atoms with Crippen molar-refractivity contribution in [2.75, 3.05) is 13.2 Å². The first-order valence-corrected chi connectivity index (χ1v) is 23.5. The fourth-order valence-electron chi connectivity index (χ4n) is 6.21. The molecule has 0 aromatic carbocycles. The molecule has 1 atom stereocenters. The molecular formula is C45H81O8P. The van der Waals surface area contributed by atoms with E-state index in [1.165, 1.54) is 109 Å². The minimum Gasteiger partial charge on any atom is -0.462 e. The molecule has 0 radical (unpaired) electrons. The zero-order valence-electron chi connectivity index (χ0n) is 34.6. The highest BCUT2D eigenvalue weighted by Gasteiger charge is 2.22. The van der Waals surface area contributed by atoms with E-state index in [1.54, 1.807) is 0 Å². The van der Waals surface area contributed by atoms with Crippen LogP contribution < -0.4 is 0 Å². The SMILES string of the molecule is CC/C=C/C=C/C=C/C=C/CCCCCCCC(=O)OC[C@H](COP(=O)(O)O)OC(=O)CCCCCCCCCCCCCCCCCCCCCCC. The summed E-state index contributed by atoms with van der Waals surface area (Å²) in [5.74, 6) is -0.906. The predicted molar refractivity (Wildman–Crippen MR) is 225 cm³/mol. The van der Waals surface area contributed by atoms with E-state index in [9.17, 15) is 14.2 Å². The third-order valence-electron chi connectivity index (χ3n) is 9.46. The van der Waals surface area contributed by atoms with Gasteiger partial charge in [-0.2, -0.15) is 0 Å².